The van der Waals surface area contributed by atoms with Crippen molar-refractivity contribution in [3.05, 3.63) is 167 Å². The van der Waals surface area contributed by atoms with E-state index in [0.29, 0.717) is 11.3 Å². The standard InChI is InChI=1S/C17H13.C10H15.2C10H13.CH2.2ClH.Zr/c1-3-12-5-7-14-11-15-8-6-13(4-2)10-17(15)16(14)9-12;1-8-5-6-9(7-8)10(2,3)4;2*1-10(2,3)9-7-5-4-6-8-9;;;;/h3-7,9-10H,1-2,11H2;6-8H,1-4H3;2*5-8H,1-3H3;1H2;2*1H;/q4*-1;;;;. The SMILES string of the molecule is C=Cc1c[c-]c2c(c1)-c1cc(C=C)ccc1C2.CC(C)(C)c1cc[c-]cc1.CC(C)(C)c1cc[c-]cc1.CC1[C-]=CC(C(C)(C)C)=C1.Cl.Cl.[CH2]=[Zr]. The molecule has 0 radical (unpaired) electrons. The van der Waals surface area contributed by atoms with Gasteiger partial charge < -0.3 is 0 Å². The number of fused-ring (bicyclic) bond motifs is 3. The number of hydrogen-bond acceptors (Lipinski definition) is 0. The van der Waals surface area contributed by atoms with Crippen LogP contribution in [-0.4, -0.2) is 4.21 Å². The molecule has 1 unspecified atom stereocenters. The maximum atomic E-state index is 3.82. The van der Waals surface area contributed by atoms with Gasteiger partial charge in [0.1, 0.15) is 0 Å². The molecule has 0 nitrogen and oxygen atoms in total. The summed E-state index contributed by atoms with van der Waals surface area (Å²) in [5.74, 6) is 0.522. The van der Waals surface area contributed by atoms with E-state index in [1.54, 1.807) is 0 Å². The van der Waals surface area contributed by atoms with Crippen LogP contribution < -0.4 is 0 Å². The third-order valence-corrected chi connectivity index (χ3v) is 8.28. The van der Waals surface area contributed by atoms with Gasteiger partial charge in [-0.15, -0.1) is 48.6 Å². The van der Waals surface area contributed by atoms with E-state index in [4.69, 9.17) is 0 Å². The second-order valence-electron chi connectivity index (χ2n) is 15.4. The Labute approximate surface area is 339 Å². The zero-order valence-electron chi connectivity index (χ0n) is 32.5. The third-order valence-electron chi connectivity index (χ3n) is 8.28. The molecule has 0 aromatic heterocycles. The molecule has 51 heavy (non-hydrogen) atoms. The number of halogens is 2. The molecule has 0 fully saturated rings. The van der Waals surface area contributed by atoms with E-state index in [1.807, 2.05) is 42.5 Å². The van der Waals surface area contributed by atoms with Crippen molar-refractivity contribution < 1.29 is 24.2 Å². The molecular formula is C48H58Cl2Zr-4. The zero-order valence-corrected chi connectivity index (χ0v) is 36.6. The van der Waals surface area contributed by atoms with Gasteiger partial charge in [-0.25, -0.2) is 6.08 Å². The first-order valence-electron chi connectivity index (χ1n) is 17.1. The molecule has 0 spiro atoms. The van der Waals surface area contributed by atoms with Crippen molar-refractivity contribution in [3.8, 4) is 11.1 Å². The first kappa shape index (κ1) is 48.2. The second-order valence-corrected chi connectivity index (χ2v) is 15.4. The summed E-state index contributed by atoms with van der Waals surface area (Å²) in [4.78, 5) is 0. The molecule has 4 aromatic carbocycles. The van der Waals surface area contributed by atoms with Crippen LogP contribution in [0.2, 0.25) is 0 Å². The number of rotatable bonds is 2. The molecule has 6 rings (SSSR count). The Balaban J connectivity index is 0.000000655. The van der Waals surface area contributed by atoms with Crippen LogP contribution in [0.4, 0.5) is 0 Å². The zero-order chi connectivity index (χ0) is 36.8. The number of allylic oxidation sites excluding steroid dienone is 4. The van der Waals surface area contributed by atoms with Gasteiger partial charge >= 0.3 is 28.4 Å². The van der Waals surface area contributed by atoms with E-state index in [2.05, 4.69) is 172 Å². The summed E-state index contributed by atoms with van der Waals surface area (Å²) < 4.78 is 3.34. The summed E-state index contributed by atoms with van der Waals surface area (Å²) in [6.07, 6.45) is 12.4. The summed E-state index contributed by atoms with van der Waals surface area (Å²) >= 11 is 1.30. The minimum absolute atomic E-state index is 0. The quantitative estimate of drug-likeness (QED) is 0.156. The molecule has 0 saturated carbocycles. The Morgan fingerprint density at radius 3 is 1.49 bits per heavy atom. The summed E-state index contributed by atoms with van der Waals surface area (Å²) in [5.41, 5.74) is 12.6. The molecule has 0 heterocycles. The molecule has 4 aromatic rings. The second kappa shape index (κ2) is 22.3. The van der Waals surface area contributed by atoms with E-state index < -0.39 is 0 Å². The normalized spacial score (nSPS) is 13.4. The topological polar surface area (TPSA) is 0 Å². The van der Waals surface area contributed by atoms with Gasteiger partial charge in [0.15, 0.2) is 0 Å². The van der Waals surface area contributed by atoms with E-state index >= 15 is 0 Å². The van der Waals surface area contributed by atoms with Gasteiger partial charge in [-0.05, 0) is 22.8 Å². The molecule has 2 aliphatic rings. The summed E-state index contributed by atoms with van der Waals surface area (Å²) in [5, 5.41) is 0. The van der Waals surface area contributed by atoms with Gasteiger partial charge in [-0.2, -0.15) is 107 Å². The first-order chi connectivity index (χ1) is 23.0. The van der Waals surface area contributed by atoms with Crippen LogP contribution in [0.3, 0.4) is 0 Å². The summed E-state index contributed by atoms with van der Waals surface area (Å²) in [6.45, 7) is 29.8. The summed E-state index contributed by atoms with van der Waals surface area (Å²) in [7, 11) is 0. The molecule has 0 N–H and O–H groups in total. The Morgan fingerprint density at radius 1 is 0.667 bits per heavy atom. The average molecular weight is 797 g/mol. The molecule has 1 atom stereocenters. The molecule has 2 aliphatic carbocycles. The van der Waals surface area contributed by atoms with E-state index in [-0.39, 0.29) is 35.6 Å². The predicted octanol–water partition coefficient (Wildman–Crippen LogP) is 13.7. The van der Waals surface area contributed by atoms with Crippen LogP contribution in [0.5, 0.6) is 0 Å². The average Bonchev–Trinajstić information content (AvgIpc) is 3.69. The van der Waals surface area contributed by atoms with E-state index in [9.17, 15) is 0 Å². The van der Waals surface area contributed by atoms with Crippen LogP contribution in [0.15, 0.2) is 110 Å². The molecular weight excluding hydrogens is 739 g/mol. The third kappa shape index (κ3) is 15.8. The van der Waals surface area contributed by atoms with Crippen molar-refractivity contribution in [2.45, 2.75) is 86.5 Å². The predicted molar refractivity (Wildman–Crippen MR) is 228 cm³/mol. The van der Waals surface area contributed by atoms with Crippen molar-refractivity contribution in [1.82, 2.24) is 0 Å². The van der Waals surface area contributed by atoms with E-state index in [1.165, 1.54) is 68.8 Å². The van der Waals surface area contributed by atoms with Gasteiger partial charge in [0, 0.05) is 0 Å². The Hall–Kier alpha value is -2.83. The van der Waals surface area contributed by atoms with Crippen LogP contribution in [0.25, 0.3) is 23.3 Å². The fourth-order valence-electron chi connectivity index (χ4n) is 5.19. The minimum atomic E-state index is 0. The van der Waals surface area contributed by atoms with Crippen molar-refractivity contribution >= 4 is 41.2 Å². The molecule has 0 bridgehead atoms. The Bertz CT molecular complexity index is 1590. The van der Waals surface area contributed by atoms with Crippen LogP contribution in [-0.2, 0) is 41.5 Å². The van der Waals surface area contributed by atoms with Gasteiger partial charge in [0.2, 0.25) is 0 Å². The van der Waals surface area contributed by atoms with Gasteiger partial charge in [-0.1, -0.05) is 123 Å². The van der Waals surface area contributed by atoms with Crippen molar-refractivity contribution in [3.63, 3.8) is 0 Å². The Kier molecular flexibility index (Phi) is 21.1. The number of hydrogen-bond donors (Lipinski definition) is 0. The maximum absolute atomic E-state index is 3.82. The number of benzene rings is 4. The molecule has 0 amide bonds. The molecule has 0 saturated heterocycles. The van der Waals surface area contributed by atoms with Crippen LogP contribution in [0.1, 0.15) is 103 Å². The van der Waals surface area contributed by atoms with Gasteiger partial charge in [0.05, 0.1) is 0 Å². The van der Waals surface area contributed by atoms with Gasteiger partial charge in [0.25, 0.3) is 0 Å². The van der Waals surface area contributed by atoms with Crippen molar-refractivity contribution in [2.24, 2.45) is 11.3 Å². The fourth-order valence-corrected chi connectivity index (χ4v) is 5.19. The fraction of sp³-hybridized carbons (Fsp3) is 0.312. The van der Waals surface area contributed by atoms with E-state index in [0.717, 1.165) is 12.0 Å². The van der Waals surface area contributed by atoms with Crippen LogP contribution >= 0.6 is 24.8 Å². The van der Waals surface area contributed by atoms with Crippen LogP contribution in [0, 0.1) is 35.6 Å². The molecule has 272 valence electrons. The van der Waals surface area contributed by atoms with Crippen molar-refractivity contribution in [1.29, 1.82) is 0 Å². The first-order valence-corrected chi connectivity index (χ1v) is 18.8. The molecule has 3 heteroatoms. The summed E-state index contributed by atoms with van der Waals surface area (Å²) in [6, 6.07) is 36.4. The Morgan fingerprint density at radius 2 is 1.14 bits per heavy atom. The van der Waals surface area contributed by atoms with Crippen molar-refractivity contribution in [2.75, 3.05) is 0 Å². The molecule has 0 aliphatic heterocycles. The monoisotopic (exact) mass is 794 g/mol. The van der Waals surface area contributed by atoms with Gasteiger partial charge in [-0.3, -0.25) is 6.08 Å².